The second-order valence-corrected chi connectivity index (χ2v) is 1.60. The topological polar surface area (TPSA) is 9.23 Å². The van der Waals surface area contributed by atoms with Gasteiger partial charge < -0.3 is 4.74 Å². The van der Waals surface area contributed by atoms with Gasteiger partial charge in [0.15, 0.2) is 0 Å². The van der Waals surface area contributed by atoms with Crippen LogP contribution in [-0.2, 0) is 4.74 Å². The highest BCUT2D eigenvalue weighted by molar-refractivity contribution is 5.11. The maximum absolute atomic E-state index is 12.3. The first-order chi connectivity index (χ1) is 3.27. The molecule has 38 valence electrons. The fourth-order valence-electron chi connectivity index (χ4n) is 0.365. The molecule has 0 aromatic carbocycles. The van der Waals surface area contributed by atoms with Crippen LogP contribution in [0.4, 0.5) is 4.39 Å². The lowest BCUT2D eigenvalue weighted by Crippen LogP contribution is -2.43. The molecule has 0 bridgehead atoms. The van der Waals surface area contributed by atoms with E-state index in [0.717, 1.165) is 0 Å². The molecule has 1 aliphatic heterocycles. The zero-order valence-electron chi connectivity index (χ0n) is 3.78. The number of alkyl halides is 1. The third-order valence-electron chi connectivity index (χ3n) is 0.920. The minimum Gasteiger partial charge on any atom is -0.372 e. The summed E-state index contributed by atoms with van der Waals surface area (Å²) in [6.45, 7) is 0.146. The highest BCUT2D eigenvalue weighted by Gasteiger charge is 2.36. The van der Waals surface area contributed by atoms with Gasteiger partial charge in [-0.05, 0) is 0 Å². The standard InChI is InChI=1S/C5H5FO/c1-2-5(6)3-7-4-5/h1H,3-4H2. The molecule has 0 spiro atoms. The van der Waals surface area contributed by atoms with Crippen molar-refractivity contribution in [3.8, 4) is 12.3 Å². The van der Waals surface area contributed by atoms with Crippen LogP contribution in [0.3, 0.4) is 0 Å². The smallest absolute Gasteiger partial charge is 0.216 e. The second-order valence-electron chi connectivity index (χ2n) is 1.60. The Morgan fingerprint density at radius 3 is 2.29 bits per heavy atom. The molecule has 0 unspecified atom stereocenters. The highest BCUT2D eigenvalue weighted by atomic mass is 19.1. The Bertz CT molecular complexity index is 110. The van der Waals surface area contributed by atoms with Crippen LogP contribution in [0.1, 0.15) is 0 Å². The summed E-state index contributed by atoms with van der Waals surface area (Å²) in [5.41, 5.74) is -1.43. The summed E-state index contributed by atoms with van der Waals surface area (Å²) in [5.74, 6) is 1.99. The van der Waals surface area contributed by atoms with Gasteiger partial charge in [0.05, 0.1) is 13.2 Å². The lowest BCUT2D eigenvalue weighted by atomic mass is 10.1. The van der Waals surface area contributed by atoms with Crippen LogP contribution in [0.15, 0.2) is 0 Å². The summed E-state index contributed by atoms with van der Waals surface area (Å²) in [4.78, 5) is 0. The Balaban J connectivity index is 2.48. The molecule has 0 atom stereocenters. The molecule has 1 saturated heterocycles. The fraction of sp³-hybridized carbons (Fsp3) is 0.600. The van der Waals surface area contributed by atoms with E-state index in [9.17, 15) is 4.39 Å². The Morgan fingerprint density at radius 2 is 2.29 bits per heavy atom. The van der Waals surface area contributed by atoms with Gasteiger partial charge in [-0.15, -0.1) is 6.42 Å². The van der Waals surface area contributed by atoms with Crippen molar-refractivity contribution < 1.29 is 9.13 Å². The SMILES string of the molecule is C#CC1(F)COC1. The zero-order chi connectivity index (χ0) is 5.33. The van der Waals surface area contributed by atoms with Crippen molar-refractivity contribution in [3.63, 3.8) is 0 Å². The Morgan fingerprint density at radius 1 is 1.71 bits per heavy atom. The summed E-state index contributed by atoms with van der Waals surface area (Å²) in [7, 11) is 0. The van der Waals surface area contributed by atoms with Gasteiger partial charge in [0.25, 0.3) is 0 Å². The minimum absolute atomic E-state index is 0.0729. The van der Waals surface area contributed by atoms with Crippen LogP contribution in [0, 0.1) is 12.3 Å². The molecule has 7 heavy (non-hydrogen) atoms. The largest absolute Gasteiger partial charge is 0.372 e. The number of halogens is 1. The monoisotopic (exact) mass is 100 g/mol. The molecular formula is C5H5FO. The van der Waals surface area contributed by atoms with Crippen LogP contribution < -0.4 is 0 Å². The van der Waals surface area contributed by atoms with Gasteiger partial charge in [0.1, 0.15) is 0 Å². The highest BCUT2D eigenvalue weighted by Crippen LogP contribution is 2.19. The Labute approximate surface area is 41.5 Å². The minimum atomic E-state index is -1.43. The van der Waals surface area contributed by atoms with Gasteiger partial charge in [-0.2, -0.15) is 0 Å². The normalized spacial score (nSPS) is 25.1. The number of hydrogen-bond donors (Lipinski definition) is 0. The lowest BCUT2D eigenvalue weighted by molar-refractivity contribution is -0.0933. The summed E-state index contributed by atoms with van der Waals surface area (Å²) in [5, 5.41) is 0. The van der Waals surface area contributed by atoms with Crippen molar-refractivity contribution in [2.45, 2.75) is 5.67 Å². The first kappa shape index (κ1) is 4.61. The van der Waals surface area contributed by atoms with Gasteiger partial charge in [0.2, 0.25) is 5.67 Å². The molecule has 1 aliphatic rings. The van der Waals surface area contributed by atoms with E-state index in [1.807, 2.05) is 5.92 Å². The molecule has 1 rings (SSSR count). The van der Waals surface area contributed by atoms with E-state index < -0.39 is 5.67 Å². The van der Waals surface area contributed by atoms with Crippen LogP contribution in [0.2, 0.25) is 0 Å². The maximum atomic E-state index is 12.3. The summed E-state index contributed by atoms with van der Waals surface area (Å²) < 4.78 is 16.8. The zero-order valence-corrected chi connectivity index (χ0v) is 3.78. The van der Waals surface area contributed by atoms with Crippen molar-refractivity contribution in [2.75, 3.05) is 13.2 Å². The van der Waals surface area contributed by atoms with E-state index in [1.165, 1.54) is 0 Å². The summed E-state index contributed by atoms with van der Waals surface area (Å²) >= 11 is 0. The van der Waals surface area contributed by atoms with Gasteiger partial charge in [0, 0.05) is 0 Å². The number of terminal acetylenes is 1. The van der Waals surface area contributed by atoms with Crippen molar-refractivity contribution in [1.29, 1.82) is 0 Å². The number of rotatable bonds is 0. The molecule has 0 saturated carbocycles. The Hall–Kier alpha value is -0.550. The summed E-state index contributed by atoms with van der Waals surface area (Å²) in [6, 6.07) is 0. The van der Waals surface area contributed by atoms with Crippen LogP contribution >= 0.6 is 0 Å². The molecule has 0 aromatic heterocycles. The summed E-state index contributed by atoms with van der Waals surface area (Å²) in [6.07, 6.45) is 4.76. The predicted octanol–water partition coefficient (Wildman–Crippen LogP) is 0.358. The number of ether oxygens (including phenoxy) is 1. The first-order valence-electron chi connectivity index (χ1n) is 2.01. The maximum Gasteiger partial charge on any atom is 0.216 e. The predicted molar refractivity (Wildman–Crippen MR) is 23.5 cm³/mol. The Kier molecular flexibility index (Phi) is 0.795. The van der Waals surface area contributed by atoms with Gasteiger partial charge in [-0.1, -0.05) is 5.92 Å². The van der Waals surface area contributed by atoms with Crippen LogP contribution in [0.5, 0.6) is 0 Å². The fourth-order valence-corrected chi connectivity index (χ4v) is 0.365. The average Bonchev–Trinajstić information content (AvgIpc) is 1.61. The molecular weight excluding hydrogens is 95.1 g/mol. The van der Waals surface area contributed by atoms with Crippen LogP contribution in [-0.4, -0.2) is 18.9 Å². The van der Waals surface area contributed by atoms with Crippen molar-refractivity contribution in [2.24, 2.45) is 0 Å². The quantitative estimate of drug-likeness (QED) is 0.399. The lowest BCUT2D eigenvalue weighted by Gasteiger charge is -2.27. The molecule has 0 aromatic rings. The molecule has 1 heterocycles. The van der Waals surface area contributed by atoms with Gasteiger partial charge in [-0.25, -0.2) is 4.39 Å². The number of hydrogen-bond acceptors (Lipinski definition) is 1. The molecule has 0 N–H and O–H groups in total. The second kappa shape index (κ2) is 1.21. The average molecular weight is 100 g/mol. The van der Waals surface area contributed by atoms with E-state index in [-0.39, 0.29) is 13.2 Å². The molecule has 1 fully saturated rings. The van der Waals surface area contributed by atoms with Gasteiger partial charge >= 0.3 is 0 Å². The molecule has 1 nitrogen and oxygen atoms in total. The third-order valence-corrected chi connectivity index (χ3v) is 0.920. The van der Waals surface area contributed by atoms with Crippen molar-refractivity contribution >= 4 is 0 Å². The first-order valence-corrected chi connectivity index (χ1v) is 2.01. The van der Waals surface area contributed by atoms with E-state index in [1.54, 1.807) is 0 Å². The molecule has 0 radical (unpaired) electrons. The van der Waals surface area contributed by atoms with E-state index in [4.69, 9.17) is 6.42 Å². The molecule has 2 heteroatoms. The van der Waals surface area contributed by atoms with Crippen molar-refractivity contribution in [3.05, 3.63) is 0 Å². The molecule has 0 aliphatic carbocycles. The van der Waals surface area contributed by atoms with E-state index in [0.29, 0.717) is 0 Å². The van der Waals surface area contributed by atoms with Crippen LogP contribution in [0.25, 0.3) is 0 Å². The van der Waals surface area contributed by atoms with E-state index >= 15 is 0 Å². The van der Waals surface area contributed by atoms with E-state index in [2.05, 4.69) is 4.74 Å². The molecule has 0 amide bonds. The van der Waals surface area contributed by atoms with Gasteiger partial charge in [-0.3, -0.25) is 0 Å². The van der Waals surface area contributed by atoms with Crippen molar-refractivity contribution in [1.82, 2.24) is 0 Å². The third kappa shape index (κ3) is 0.594.